The number of anilines is 1. The molecule has 0 aliphatic carbocycles. The number of nitrogens with zero attached hydrogens (tertiary/aromatic N) is 1. The summed E-state index contributed by atoms with van der Waals surface area (Å²) in [5.41, 5.74) is 0.523. The van der Waals surface area contributed by atoms with Crippen LogP contribution in [0.1, 0.15) is 30.9 Å². The van der Waals surface area contributed by atoms with Gasteiger partial charge in [0.05, 0.1) is 11.7 Å². The molecule has 2 aliphatic rings. The van der Waals surface area contributed by atoms with Crippen LogP contribution in [-0.2, 0) is 0 Å². The fourth-order valence-electron chi connectivity index (χ4n) is 3.99. The van der Waals surface area contributed by atoms with Crippen LogP contribution in [-0.4, -0.2) is 36.7 Å². The summed E-state index contributed by atoms with van der Waals surface area (Å²) < 4.78 is 33.3. The normalized spacial score (nSPS) is 20.9. The second kappa shape index (κ2) is 7.39. The van der Waals surface area contributed by atoms with Gasteiger partial charge in [0.25, 0.3) is 0 Å². The van der Waals surface area contributed by atoms with Crippen molar-refractivity contribution in [3.8, 4) is 5.75 Å². The number of ether oxygens (including phenoxy) is 1. The molecular weight excluding hydrogens is 364 g/mol. The number of amides is 2. The summed E-state index contributed by atoms with van der Waals surface area (Å²) in [5, 5.41) is 5.42. The van der Waals surface area contributed by atoms with Gasteiger partial charge < -0.3 is 20.3 Å². The molecule has 148 valence electrons. The van der Waals surface area contributed by atoms with Crippen LogP contribution < -0.4 is 15.4 Å². The molecular formula is C21H23F2N3O2. The molecule has 2 aromatic carbocycles. The molecule has 0 aromatic heterocycles. The van der Waals surface area contributed by atoms with E-state index in [1.165, 1.54) is 6.07 Å². The number of piperidine rings is 1. The highest BCUT2D eigenvalue weighted by Crippen LogP contribution is 2.44. The lowest BCUT2D eigenvalue weighted by molar-refractivity contribution is -0.0188. The monoisotopic (exact) mass is 387 g/mol. The maximum absolute atomic E-state index is 13.8. The number of carbonyl (C=O) groups is 1. The average Bonchev–Trinajstić information content (AvgIpc) is 2.67. The number of fused-ring (bicyclic) bond motifs is 1. The Bertz CT molecular complexity index is 882. The molecule has 28 heavy (non-hydrogen) atoms. The Kier molecular flexibility index (Phi) is 4.93. The third-order valence-electron chi connectivity index (χ3n) is 5.58. The number of hydrogen-bond donors (Lipinski definition) is 2. The van der Waals surface area contributed by atoms with Crippen LogP contribution in [0, 0.1) is 11.6 Å². The molecule has 1 atom stereocenters. The van der Waals surface area contributed by atoms with E-state index in [4.69, 9.17) is 4.74 Å². The number of hydrogen-bond acceptors (Lipinski definition) is 3. The van der Waals surface area contributed by atoms with Crippen LogP contribution in [0.2, 0.25) is 0 Å². The molecule has 0 bridgehead atoms. The van der Waals surface area contributed by atoms with E-state index in [-0.39, 0.29) is 17.3 Å². The first-order valence-corrected chi connectivity index (χ1v) is 9.43. The number of benzene rings is 2. The van der Waals surface area contributed by atoms with Crippen LogP contribution in [0.4, 0.5) is 19.3 Å². The smallest absolute Gasteiger partial charge is 0.319 e. The summed E-state index contributed by atoms with van der Waals surface area (Å²) in [6, 6.07) is 9.94. The Morgan fingerprint density at radius 2 is 1.93 bits per heavy atom. The van der Waals surface area contributed by atoms with Crippen molar-refractivity contribution >= 4 is 11.7 Å². The quantitative estimate of drug-likeness (QED) is 0.817. The number of nitrogens with one attached hydrogen (secondary N) is 2. The first-order chi connectivity index (χ1) is 13.4. The Morgan fingerprint density at radius 1 is 1.18 bits per heavy atom. The molecule has 2 N–H and O–H groups in total. The lowest BCUT2D eigenvalue weighted by Gasteiger charge is -2.46. The molecule has 1 spiro atoms. The number of carbonyl (C=O) groups excluding carboxylic acids is 1. The van der Waals surface area contributed by atoms with Gasteiger partial charge in [-0.25, -0.2) is 13.6 Å². The highest BCUT2D eigenvalue weighted by Gasteiger charge is 2.43. The molecule has 0 saturated carbocycles. The maximum Gasteiger partial charge on any atom is 0.319 e. The predicted molar refractivity (Wildman–Crippen MR) is 102 cm³/mol. The van der Waals surface area contributed by atoms with Crippen molar-refractivity contribution in [2.75, 3.05) is 25.5 Å². The number of urea groups is 1. The second-order valence-electron chi connectivity index (χ2n) is 7.61. The van der Waals surface area contributed by atoms with Gasteiger partial charge in [-0.15, -0.1) is 0 Å². The van der Waals surface area contributed by atoms with Gasteiger partial charge in [0.2, 0.25) is 0 Å². The van der Waals surface area contributed by atoms with Gasteiger partial charge in [0.15, 0.2) is 0 Å². The number of likely N-dealkylation sites (tertiary alicyclic amines) is 1. The zero-order valence-corrected chi connectivity index (χ0v) is 15.7. The van der Waals surface area contributed by atoms with E-state index in [2.05, 4.69) is 22.6 Å². The van der Waals surface area contributed by atoms with Gasteiger partial charge in [0, 0.05) is 31.1 Å². The minimum atomic E-state index is -0.811. The summed E-state index contributed by atoms with van der Waals surface area (Å²) in [4.78, 5) is 14.8. The van der Waals surface area contributed by atoms with E-state index in [0.717, 1.165) is 49.4 Å². The fraction of sp³-hybridized carbons (Fsp3) is 0.381. The molecule has 2 aliphatic heterocycles. The van der Waals surface area contributed by atoms with Crippen LogP contribution in [0.3, 0.4) is 0 Å². The van der Waals surface area contributed by atoms with Crippen LogP contribution in [0.5, 0.6) is 5.75 Å². The molecule has 7 heteroatoms. The molecule has 0 radical (unpaired) electrons. The van der Waals surface area contributed by atoms with Crippen molar-refractivity contribution < 1.29 is 18.3 Å². The minimum Gasteiger partial charge on any atom is -0.487 e. The molecule has 2 heterocycles. The number of halogens is 2. The number of para-hydroxylation sites is 1. The SMILES string of the molecule is CN1CCC2(CC1)CC(NC(=O)Nc1ccc(F)cc1F)c1ccccc1O2. The Morgan fingerprint density at radius 3 is 2.68 bits per heavy atom. The standard InChI is InChI=1S/C21H23F2N3O2/c1-26-10-8-21(9-11-26)13-18(15-4-2-3-5-19(15)28-21)25-20(27)24-17-7-6-14(22)12-16(17)23/h2-7,12,18H,8-11,13H2,1H3,(H2,24,25,27). The third kappa shape index (κ3) is 3.80. The van der Waals surface area contributed by atoms with Gasteiger partial charge in [0.1, 0.15) is 23.0 Å². The first kappa shape index (κ1) is 18.7. The van der Waals surface area contributed by atoms with Crippen molar-refractivity contribution in [2.24, 2.45) is 0 Å². The molecule has 2 amide bonds. The van der Waals surface area contributed by atoms with E-state index in [9.17, 15) is 13.6 Å². The summed E-state index contributed by atoms with van der Waals surface area (Å²) >= 11 is 0. The molecule has 1 saturated heterocycles. The Hall–Kier alpha value is -2.67. The Labute approximate surface area is 162 Å². The Balaban J connectivity index is 1.53. The van der Waals surface area contributed by atoms with Gasteiger partial charge in [-0.1, -0.05) is 18.2 Å². The van der Waals surface area contributed by atoms with Gasteiger partial charge >= 0.3 is 6.03 Å². The largest absolute Gasteiger partial charge is 0.487 e. The van der Waals surface area contributed by atoms with Crippen molar-refractivity contribution in [1.82, 2.24) is 10.2 Å². The van der Waals surface area contributed by atoms with Crippen molar-refractivity contribution in [1.29, 1.82) is 0 Å². The fourth-order valence-corrected chi connectivity index (χ4v) is 3.99. The van der Waals surface area contributed by atoms with Crippen molar-refractivity contribution in [3.05, 3.63) is 59.7 Å². The van der Waals surface area contributed by atoms with Gasteiger partial charge in [-0.05, 0) is 38.1 Å². The molecule has 1 fully saturated rings. The zero-order chi connectivity index (χ0) is 19.7. The molecule has 4 rings (SSSR count). The van der Waals surface area contributed by atoms with Crippen LogP contribution in [0.25, 0.3) is 0 Å². The lowest BCUT2D eigenvalue weighted by atomic mass is 9.80. The lowest BCUT2D eigenvalue weighted by Crippen LogP contribution is -2.51. The average molecular weight is 387 g/mol. The number of rotatable bonds is 2. The molecule has 5 nitrogen and oxygen atoms in total. The first-order valence-electron chi connectivity index (χ1n) is 9.43. The van der Waals surface area contributed by atoms with Crippen molar-refractivity contribution in [2.45, 2.75) is 30.9 Å². The topological polar surface area (TPSA) is 53.6 Å². The van der Waals surface area contributed by atoms with Crippen LogP contribution in [0.15, 0.2) is 42.5 Å². The summed E-state index contributed by atoms with van der Waals surface area (Å²) in [7, 11) is 2.09. The molecule has 2 aromatic rings. The van der Waals surface area contributed by atoms with E-state index in [0.29, 0.717) is 6.42 Å². The zero-order valence-electron chi connectivity index (χ0n) is 15.7. The third-order valence-corrected chi connectivity index (χ3v) is 5.58. The summed E-state index contributed by atoms with van der Waals surface area (Å²) in [6.07, 6.45) is 2.41. The highest BCUT2D eigenvalue weighted by molar-refractivity contribution is 5.89. The van der Waals surface area contributed by atoms with E-state index < -0.39 is 17.7 Å². The predicted octanol–water partition coefficient (Wildman–Crippen LogP) is 4.07. The van der Waals surface area contributed by atoms with Crippen LogP contribution >= 0.6 is 0 Å². The molecule has 1 unspecified atom stereocenters. The second-order valence-corrected chi connectivity index (χ2v) is 7.61. The van der Waals surface area contributed by atoms with Crippen molar-refractivity contribution in [3.63, 3.8) is 0 Å². The highest BCUT2D eigenvalue weighted by atomic mass is 19.1. The van der Waals surface area contributed by atoms with Gasteiger partial charge in [-0.2, -0.15) is 0 Å². The van der Waals surface area contributed by atoms with E-state index in [1.807, 2.05) is 24.3 Å². The summed E-state index contributed by atoms with van der Waals surface area (Å²) in [6.45, 7) is 1.86. The summed E-state index contributed by atoms with van der Waals surface area (Å²) in [5.74, 6) is -0.725. The van der Waals surface area contributed by atoms with E-state index >= 15 is 0 Å². The maximum atomic E-state index is 13.8. The van der Waals surface area contributed by atoms with E-state index in [1.54, 1.807) is 0 Å². The minimum absolute atomic E-state index is 0.0618. The van der Waals surface area contributed by atoms with Gasteiger partial charge in [-0.3, -0.25) is 0 Å².